The largest absolute Gasteiger partial charge is 0.417 e. The Bertz CT molecular complexity index is 644. The van der Waals surface area contributed by atoms with E-state index in [0.29, 0.717) is 6.54 Å². The average molecular weight is 282 g/mol. The van der Waals surface area contributed by atoms with Gasteiger partial charge in [-0.2, -0.15) is 18.3 Å². The van der Waals surface area contributed by atoms with Gasteiger partial charge in [-0.25, -0.2) is 0 Å². The van der Waals surface area contributed by atoms with Gasteiger partial charge in [0.25, 0.3) is 0 Å². The van der Waals surface area contributed by atoms with E-state index in [1.165, 1.54) is 36.0 Å². The van der Waals surface area contributed by atoms with Crippen LogP contribution in [0.2, 0.25) is 0 Å². The standard InChI is InChI=1S/C14H13F3N2O/c1-3-19-13(11(8-18-19)9(2)20)10-6-4-5-7-12(10)14(15,16)17/h4-8H,3H2,1-2H3. The maximum Gasteiger partial charge on any atom is 0.417 e. The number of hydrogen-bond acceptors (Lipinski definition) is 2. The van der Waals surface area contributed by atoms with Crippen LogP contribution in [0.1, 0.15) is 29.8 Å². The molecule has 3 nitrogen and oxygen atoms in total. The van der Waals surface area contributed by atoms with E-state index >= 15 is 0 Å². The summed E-state index contributed by atoms with van der Waals surface area (Å²) in [5.74, 6) is -0.309. The normalized spacial score (nSPS) is 11.7. The van der Waals surface area contributed by atoms with Crippen molar-refractivity contribution in [2.75, 3.05) is 0 Å². The van der Waals surface area contributed by atoms with Gasteiger partial charge in [0.2, 0.25) is 0 Å². The number of halogens is 3. The summed E-state index contributed by atoms with van der Waals surface area (Å²) in [6, 6.07) is 5.21. The van der Waals surface area contributed by atoms with Gasteiger partial charge in [-0.05, 0) is 19.9 Å². The minimum Gasteiger partial charge on any atom is -0.294 e. The molecule has 0 aliphatic heterocycles. The maximum atomic E-state index is 13.1. The molecular weight excluding hydrogens is 269 g/mol. The van der Waals surface area contributed by atoms with E-state index in [1.54, 1.807) is 6.92 Å². The third-order valence-corrected chi connectivity index (χ3v) is 3.01. The van der Waals surface area contributed by atoms with Gasteiger partial charge in [0.15, 0.2) is 5.78 Å². The summed E-state index contributed by atoms with van der Waals surface area (Å²) in [7, 11) is 0. The second-order valence-electron chi connectivity index (χ2n) is 4.32. The number of alkyl halides is 3. The van der Waals surface area contributed by atoms with Crippen LogP contribution in [0, 0.1) is 0 Å². The van der Waals surface area contributed by atoms with E-state index < -0.39 is 11.7 Å². The van der Waals surface area contributed by atoms with Gasteiger partial charge >= 0.3 is 6.18 Å². The lowest BCUT2D eigenvalue weighted by Crippen LogP contribution is -2.10. The van der Waals surface area contributed by atoms with E-state index in [0.717, 1.165) is 6.07 Å². The monoisotopic (exact) mass is 282 g/mol. The highest BCUT2D eigenvalue weighted by Gasteiger charge is 2.35. The molecule has 0 N–H and O–H groups in total. The Morgan fingerprint density at radius 2 is 1.95 bits per heavy atom. The predicted octanol–water partition coefficient (Wildman–Crippen LogP) is 3.79. The molecule has 0 amide bonds. The zero-order chi connectivity index (χ0) is 14.9. The highest BCUT2D eigenvalue weighted by molar-refractivity contribution is 6.00. The molecular formula is C14H13F3N2O. The molecule has 6 heteroatoms. The van der Waals surface area contributed by atoms with Gasteiger partial charge in [0, 0.05) is 12.1 Å². The topological polar surface area (TPSA) is 34.9 Å². The number of benzene rings is 1. The molecule has 2 aromatic rings. The quantitative estimate of drug-likeness (QED) is 0.803. The van der Waals surface area contributed by atoms with Gasteiger partial charge in [-0.3, -0.25) is 9.48 Å². The zero-order valence-corrected chi connectivity index (χ0v) is 11.0. The van der Waals surface area contributed by atoms with Crippen molar-refractivity contribution in [3.05, 3.63) is 41.6 Å². The van der Waals surface area contributed by atoms with Crippen LogP contribution >= 0.6 is 0 Å². The summed E-state index contributed by atoms with van der Waals surface area (Å²) in [6.45, 7) is 3.46. The molecule has 2 rings (SSSR count). The summed E-state index contributed by atoms with van der Waals surface area (Å²) in [4.78, 5) is 11.6. The van der Waals surface area contributed by atoms with E-state index in [9.17, 15) is 18.0 Å². The number of aromatic nitrogens is 2. The van der Waals surface area contributed by atoms with Crippen molar-refractivity contribution >= 4 is 5.78 Å². The summed E-state index contributed by atoms with van der Waals surface area (Å²) >= 11 is 0. The molecule has 0 bridgehead atoms. The third kappa shape index (κ3) is 2.45. The second kappa shape index (κ2) is 5.11. The fourth-order valence-electron chi connectivity index (χ4n) is 2.10. The number of carbonyl (C=O) groups is 1. The second-order valence-corrected chi connectivity index (χ2v) is 4.32. The first-order chi connectivity index (χ1) is 9.36. The molecule has 0 aliphatic carbocycles. The Morgan fingerprint density at radius 3 is 2.50 bits per heavy atom. The van der Waals surface area contributed by atoms with Crippen molar-refractivity contribution in [2.45, 2.75) is 26.6 Å². The van der Waals surface area contributed by atoms with Gasteiger partial charge in [0.1, 0.15) is 0 Å². The minimum atomic E-state index is -4.48. The number of carbonyl (C=O) groups excluding carboxylic acids is 1. The van der Waals surface area contributed by atoms with Crippen LogP contribution in [0.3, 0.4) is 0 Å². The van der Waals surface area contributed by atoms with Crippen LogP contribution in [-0.4, -0.2) is 15.6 Å². The minimum absolute atomic E-state index is 0.0236. The molecule has 0 atom stereocenters. The van der Waals surface area contributed by atoms with Crippen LogP contribution in [0.5, 0.6) is 0 Å². The van der Waals surface area contributed by atoms with Crippen LogP contribution in [0.25, 0.3) is 11.3 Å². The molecule has 0 radical (unpaired) electrons. The van der Waals surface area contributed by atoms with Crippen LogP contribution in [-0.2, 0) is 12.7 Å². The molecule has 0 saturated heterocycles. The zero-order valence-electron chi connectivity index (χ0n) is 11.0. The molecule has 0 aliphatic rings. The van der Waals surface area contributed by atoms with Crippen molar-refractivity contribution in [1.82, 2.24) is 9.78 Å². The Labute approximate surface area is 114 Å². The molecule has 1 aromatic heterocycles. The summed E-state index contributed by atoms with van der Waals surface area (Å²) in [5, 5.41) is 3.98. The first-order valence-corrected chi connectivity index (χ1v) is 6.09. The van der Waals surface area contributed by atoms with Gasteiger partial charge in [-0.1, -0.05) is 18.2 Å². The van der Waals surface area contributed by atoms with Gasteiger partial charge < -0.3 is 0 Å². The molecule has 0 unspecified atom stereocenters. The number of hydrogen-bond donors (Lipinski definition) is 0. The highest BCUT2D eigenvalue weighted by atomic mass is 19.4. The average Bonchev–Trinajstić information content (AvgIpc) is 2.81. The lowest BCUT2D eigenvalue weighted by atomic mass is 9.99. The number of aryl methyl sites for hydroxylation is 1. The smallest absolute Gasteiger partial charge is 0.294 e. The Kier molecular flexibility index (Phi) is 3.65. The first-order valence-electron chi connectivity index (χ1n) is 6.09. The first kappa shape index (κ1) is 14.3. The molecule has 0 fully saturated rings. The third-order valence-electron chi connectivity index (χ3n) is 3.01. The van der Waals surface area contributed by atoms with Gasteiger partial charge in [0.05, 0.1) is 23.0 Å². The Balaban J connectivity index is 2.75. The number of nitrogens with zero attached hydrogens (tertiary/aromatic N) is 2. The Morgan fingerprint density at radius 1 is 1.30 bits per heavy atom. The maximum absolute atomic E-state index is 13.1. The van der Waals surface area contributed by atoms with Crippen molar-refractivity contribution in [2.24, 2.45) is 0 Å². The molecule has 0 spiro atoms. The predicted molar refractivity (Wildman–Crippen MR) is 68.3 cm³/mol. The number of ketones is 1. The SMILES string of the molecule is CCn1ncc(C(C)=O)c1-c1ccccc1C(F)(F)F. The van der Waals surface area contributed by atoms with Crippen molar-refractivity contribution in [1.29, 1.82) is 0 Å². The summed E-state index contributed by atoms with van der Waals surface area (Å²) in [6.07, 6.45) is -3.16. The fraction of sp³-hybridized carbons (Fsp3) is 0.286. The summed E-state index contributed by atoms with van der Waals surface area (Å²) < 4.78 is 40.7. The van der Waals surface area contributed by atoms with Gasteiger partial charge in [-0.15, -0.1) is 0 Å². The van der Waals surface area contributed by atoms with Crippen LogP contribution in [0.4, 0.5) is 13.2 Å². The highest BCUT2D eigenvalue weighted by Crippen LogP contribution is 2.38. The van der Waals surface area contributed by atoms with E-state index in [4.69, 9.17) is 0 Å². The molecule has 0 saturated carbocycles. The number of rotatable bonds is 3. The summed E-state index contributed by atoms with van der Waals surface area (Å²) in [5.41, 5.74) is -0.376. The lowest BCUT2D eigenvalue weighted by molar-refractivity contribution is -0.137. The lowest BCUT2D eigenvalue weighted by Gasteiger charge is -2.14. The van der Waals surface area contributed by atoms with Crippen LogP contribution < -0.4 is 0 Å². The van der Waals surface area contributed by atoms with E-state index in [-0.39, 0.29) is 22.6 Å². The Hall–Kier alpha value is -2.11. The number of Topliss-reactive ketones (excluding diaryl/α,β-unsaturated/α-hetero) is 1. The molecule has 1 heterocycles. The molecule has 1 aromatic carbocycles. The van der Waals surface area contributed by atoms with E-state index in [2.05, 4.69) is 5.10 Å². The van der Waals surface area contributed by atoms with Crippen LogP contribution in [0.15, 0.2) is 30.5 Å². The van der Waals surface area contributed by atoms with Crippen molar-refractivity contribution < 1.29 is 18.0 Å². The fourth-order valence-corrected chi connectivity index (χ4v) is 2.10. The van der Waals surface area contributed by atoms with Crippen molar-refractivity contribution in [3.8, 4) is 11.3 Å². The molecule has 106 valence electrons. The molecule has 20 heavy (non-hydrogen) atoms. The van der Waals surface area contributed by atoms with E-state index in [1.807, 2.05) is 0 Å². The van der Waals surface area contributed by atoms with Crippen molar-refractivity contribution in [3.63, 3.8) is 0 Å².